The first-order chi connectivity index (χ1) is 8.77. The fourth-order valence-electron chi connectivity index (χ4n) is 2.00. The van der Waals surface area contributed by atoms with Crippen LogP contribution in [0.1, 0.15) is 17.9 Å². The summed E-state index contributed by atoms with van der Waals surface area (Å²) in [6.45, 7) is 1.95. The van der Waals surface area contributed by atoms with Crippen LogP contribution in [-0.2, 0) is 4.79 Å². The molecule has 5 heteroatoms. The molecule has 1 aliphatic heterocycles. The van der Waals surface area contributed by atoms with E-state index >= 15 is 0 Å². The molecule has 0 spiro atoms. The maximum atomic E-state index is 12.3. The van der Waals surface area contributed by atoms with Crippen LogP contribution >= 0.6 is 23.1 Å². The number of anilines is 1. The van der Waals surface area contributed by atoms with Gasteiger partial charge in [0.05, 0.1) is 5.25 Å². The van der Waals surface area contributed by atoms with Crippen molar-refractivity contribution in [2.45, 2.75) is 17.5 Å². The van der Waals surface area contributed by atoms with Crippen LogP contribution in [0.4, 0.5) is 5.13 Å². The lowest BCUT2D eigenvalue weighted by Gasteiger charge is -2.21. The molecule has 92 valence electrons. The summed E-state index contributed by atoms with van der Waals surface area (Å²) in [7, 11) is 0. The Hall–Kier alpha value is -1.33. The fourth-order valence-corrected chi connectivity index (χ4v) is 4.00. The molecule has 18 heavy (non-hydrogen) atoms. The third-order valence-corrected chi connectivity index (χ3v) is 4.98. The van der Waals surface area contributed by atoms with Gasteiger partial charge in [0.15, 0.2) is 5.13 Å². The minimum Gasteiger partial charge on any atom is -0.273 e. The van der Waals surface area contributed by atoms with Crippen LogP contribution in [0.3, 0.4) is 0 Å². The number of amides is 1. The molecule has 0 radical (unpaired) electrons. The Morgan fingerprint density at radius 1 is 1.28 bits per heavy atom. The molecule has 1 aromatic heterocycles. The summed E-state index contributed by atoms with van der Waals surface area (Å²) in [4.78, 5) is 18.3. The highest BCUT2D eigenvalue weighted by Gasteiger charge is 2.40. The monoisotopic (exact) mass is 276 g/mol. The van der Waals surface area contributed by atoms with Crippen molar-refractivity contribution in [3.63, 3.8) is 0 Å². The number of hydrogen-bond acceptors (Lipinski definition) is 4. The van der Waals surface area contributed by atoms with Gasteiger partial charge in [-0.15, -0.1) is 23.1 Å². The lowest BCUT2D eigenvalue weighted by atomic mass is 10.2. The predicted octanol–water partition coefficient (Wildman–Crippen LogP) is 3.31. The van der Waals surface area contributed by atoms with Crippen LogP contribution in [-0.4, -0.2) is 16.1 Å². The predicted molar refractivity (Wildman–Crippen MR) is 75.8 cm³/mol. The van der Waals surface area contributed by atoms with Crippen molar-refractivity contribution in [2.75, 3.05) is 4.90 Å². The van der Waals surface area contributed by atoms with E-state index in [4.69, 9.17) is 0 Å². The molecule has 3 nitrogen and oxygen atoms in total. The Kier molecular flexibility index (Phi) is 3.09. The molecular weight excluding hydrogens is 264 g/mol. The fraction of sp³-hybridized carbons (Fsp3) is 0.231. The number of rotatable bonds is 2. The molecule has 0 N–H and O–H groups in total. The van der Waals surface area contributed by atoms with Gasteiger partial charge in [-0.2, -0.15) is 0 Å². The van der Waals surface area contributed by atoms with Crippen molar-refractivity contribution in [1.29, 1.82) is 0 Å². The molecule has 0 saturated carbocycles. The number of carbonyl (C=O) groups is 1. The van der Waals surface area contributed by atoms with Crippen molar-refractivity contribution in [2.24, 2.45) is 0 Å². The van der Waals surface area contributed by atoms with Gasteiger partial charge >= 0.3 is 0 Å². The number of carbonyl (C=O) groups excluding carboxylic acids is 1. The zero-order valence-corrected chi connectivity index (χ0v) is 11.4. The Bertz CT molecular complexity index is 541. The van der Waals surface area contributed by atoms with Gasteiger partial charge in [0.1, 0.15) is 5.37 Å². The minimum atomic E-state index is -0.0147. The molecule has 3 rings (SSSR count). The van der Waals surface area contributed by atoms with Crippen molar-refractivity contribution in [1.82, 2.24) is 4.98 Å². The van der Waals surface area contributed by atoms with E-state index in [1.165, 1.54) is 11.3 Å². The average Bonchev–Trinajstić information content (AvgIpc) is 3.00. The standard InChI is InChI=1S/C13H12N2OS2/c1-9-11(16)15(13-14-7-8-17-13)12(18-9)10-5-3-2-4-6-10/h2-9,12H,1H3/t9-,12+/m0/s1. The van der Waals surface area contributed by atoms with E-state index in [-0.39, 0.29) is 16.5 Å². The maximum Gasteiger partial charge on any atom is 0.242 e. The molecule has 2 heterocycles. The molecule has 1 fully saturated rings. The van der Waals surface area contributed by atoms with Crippen LogP contribution in [0.5, 0.6) is 0 Å². The second-order valence-electron chi connectivity index (χ2n) is 4.06. The molecule has 0 aliphatic carbocycles. The Labute approximate surface area is 114 Å². The van der Waals surface area contributed by atoms with E-state index in [0.29, 0.717) is 0 Å². The molecule has 0 bridgehead atoms. The van der Waals surface area contributed by atoms with Gasteiger partial charge in [-0.05, 0) is 12.5 Å². The third-order valence-electron chi connectivity index (χ3n) is 2.86. The SMILES string of the molecule is C[C@@H]1S[C@H](c2ccccc2)N(c2nccs2)C1=O. The van der Waals surface area contributed by atoms with E-state index in [1.807, 2.05) is 35.4 Å². The second-order valence-corrected chi connectivity index (χ2v) is 6.36. The normalized spacial score (nSPS) is 23.6. The highest BCUT2D eigenvalue weighted by atomic mass is 32.2. The summed E-state index contributed by atoms with van der Waals surface area (Å²) < 4.78 is 0. The van der Waals surface area contributed by atoms with Crippen molar-refractivity contribution in [3.8, 4) is 0 Å². The first-order valence-electron chi connectivity index (χ1n) is 5.70. The van der Waals surface area contributed by atoms with Gasteiger partial charge in [0, 0.05) is 11.6 Å². The molecule has 0 unspecified atom stereocenters. The molecule has 1 amide bonds. The lowest BCUT2D eigenvalue weighted by Crippen LogP contribution is -2.29. The Morgan fingerprint density at radius 3 is 2.72 bits per heavy atom. The van der Waals surface area contributed by atoms with E-state index < -0.39 is 0 Å². The van der Waals surface area contributed by atoms with E-state index in [0.717, 1.165) is 10.7 Å². The minimum absolute atomic E-state index is 0.0147. The van der Waals surface area contributed by atoms with Gasteiger partial charge in [-0.1, -0.05) is 30.3 Å². The number of nitrogens with zero attached hydrogens (tertiary/aromatic N) is 2. The number of aromatic nitrogens is 1. The zero-order chi connectivity index (χ0) is 12.5. The van der Waals surface area contributed by atoms with Crippen LogP contribution < -0.4 is 4.90 Å². The highest BCUT2D eigenvalue weighted by Crippen LogP contribution is 2.45. The molecule has 1 saturated heterocycles. The highest BCUT2D eigenvalue weighted by molar-refractivity contribution is 8.01. The summed E-state index contributed by atoms with van der Waals surface area (Å²) in [6, 6.07) is 10.1. The number of hydrogen-bond donors (Lipinski definition) is 0. The van der Waals surface area contributed by atoms with E-state index in [2.05, 4.69) is 17.1 Å². The summed E-state index contributed by atoms with van der Waals surface area (Å²) in [5, 5.41) is 2.71. The summed E-state index contributed by atoms with van der Waals surface area (Å²) in [5.74, 6) is 0.142. The Morgan fingerprint density at radius 2 is 2.06 bits per heavy atom. The van der Waals surface area contributed by atoms with Crippen molar-refractivity contribution >= 4 is 34.1 Å². The van der Waals surface area contributed by atoms with Crippen molar-refractivity contribution in [3.05, 3.63) is 47.5 Å². The second kappa shape index (κ2) is 4.74. The van der Waals surface area contributed by atoms with Crippen LogP contribution in [0.25, 0.3) is 0 Å². The van der Waals surface area contributed by atoms with Crippen LogP contribution in [0.2, 0.25) is 0 Å². The van der Waals surface area contributed by atoms with E-state index in [9.17, 15) is 4.79 Å². The summed E-state index contributed by atoms with van der Waals surface area (Å²) in [6.07, 6.45) is 1.74. The van der Waals surface area contributed by atoms with Gasteiger partial charge < -0.3 is 0 Å². The zero-order valence-electron chi connectivity index (χ0n) is 9.82. The molecule has 1 aromatic carbocycles. The molecule has 1 aliphatic rings. The maximum absolute atomic E-state index is 12.3. The smallest absolute Gasteiger partial charge is 0.242 e. The topological polar surface area (TPSA) is 33.2 Å². The first kappa shape index (κ1) is 11.7. The number of benzene rings is 1. The summed E-state index contributed by atoms with van der Waals surface area (Å²) >= 11 is 3.18. The van der Waals surface area contributed by atoms with Gasteiger partial charge in [0.25, 0.3) is 0 Å². The molecule has 2 atom stereocenters. The average molecular weight is 276 g/mol. The van der Waals surface area contributed by atoms with Crippen LogP contribution in [0.15, 0.2) is 41.9 Å². The van der Waals surface area contributed by atoms with E-state index in [1.54, 1.807) is 18.0 Å². The van der Waals surface area contributed by atoms with Crippen LogP contribution in [0, 0.1) is 0 Å². The lowest BCUT2D eigenvalue weighted by molar-refractivity contribution is -0.117. The first-order valence-corrected chi connectivity index (χ1v) is 7.52. The van der Waals surface area contributed by atoms with Gasteiger partial charge in [-0.3, -0.25) is 9.69 Å². The quantitative estimate of drug-likeness (QED) is 0.843. The Balaban J connectivity index is 2.01. The number of thioether (sulfide) groups is 1. The molecular formula is C13H12N2OS2. The summed E-state index contributed by atoms with van der Waals surface area (Å²) in [5.41, 5.74) is 1.15. The third kappa shape index (κ3) is 1.93. The number of thiazole rings is 1. The molecule has 2 aromatic rings. The van der Waals surface area contributed by atoms with Crippen molar-refractivity contribution < 1.29 is 4.79 Å². The largest absolute Gasteiger partial charge is 0.273 e. The van der Waals surface area contributed by atoms with Gasteiger partial charge in [-0.25, -0.2) is 4.98 Å². The van der Waals surface area contributed by atoms with Gasteiger partial charge in [0.2, 0.25) is 5.91 Å².